The van der Waals surface area contributed by atoms with Crippen molar-refractivity contribution >= 4 is 27.3 Å². The van der Waals surface area contributed by atoms with E-state index in [-0.39, 0.29) is 0 Å². The van der Waals surface area contributed by atoms with Crippen LogP contribution in [0.25, 0.3) is 0 Å². The Morgan fingerprint density at radius 2 is 1.89 bits per heavy atom. The lowest BCUT2D eigenvalue weighted by atomic mass is 9.76. The van der Waals surface area contributed by atoms with Crippen LogP contribution in [0.2, 0.25) is 0 Å². The van der Waals surface area contributed by atoms with Crippen molar-refractivity contribution in [2.75, 3.05) is 6.54 Å². The van der Waals surface area contributed by atoms with Crippen molar-refractivity contribution in [3.63, 3.8) is 0 Å². The predicted octanol–water partition coefficient (Wildman–Crippen LogP) is 4.59. The van der Waals surface area contributed by atoms with Gasteiger partial charge >= 0.3 is 0 Å². The molecule has 1 aliphatic carbocycles. The van der Waals surface area contributed by atoms with Crippen LogP contribution in [0.1, 0.15) is 29.2 Å². The number of hydrogen-bond donors (Lipinski definition) is 1. The van der Waals surface area contributed by atoms with Crippen LogP contribution in [-0.2, 0) is 6.42 Å². The van der Waals surface area contributed by atoms with E-state index in [4.69, 9.17) is 0 Å². The average Bonchev–Trinajstić information content (AvgIpc) is 2.79. The fourth-order valence-corrected chi connectivity index (χ4v) is 4.15. The van der Waals surface area contributed by atoms with Crippen LogP contribution < -0.4 is 5.32 Å². The molecule has 0 atom stereocenters. The standard InChI is InChI=1S/C16H18BrNS/c17-16-7-6-15(19-16)8-9-18-14-10-13(11-14)12-4-2-1-3-5-12/h1-7,13-14,18H,8-11H2. The molecule has 1 N–H and O–H groups in total. The van der Waals surface area contributed by atoms with E-state index in [9.17, 15) is 0 Å². The largest absolute Gasteiger partial charge is 0.314 e. The molecule has 2 aromatic rings. The average molecular weight is 336 g/mol. The van der Waals surface area contributed by atoms with Gasteiger partial charge in [-0.05, 0) is 58.8 Å². The molecule has 1 aromatic carbocycles. The Morgan fingerprint density at radius 1 is 1.11 bits per heavy atom. The fraction of sp³-hybridized carbons (Fsp3) is 0.375. The normalized spacial score (nSPS) is 22.2. The summed E-state index contributed by atoms with van der Waals surface area (Å²) in [5, 5.41) is 3.67. The second kappa shape index (κ2) is 6.21. The first-order valence-electron chi connectivity index (χ1n) is 6.84. The van der Waals surface area contributed by atoms with Gasteiger partial charge in [0.05, 0.1) is 3.79 Å². The van der Waals surface area contributed by atoms with E-state index in [1.165, 1.54) is 27.1 Å². The molecule has 1 aromatic heterocycles. The van der Waals surface area contributed by atoms with Crippen molar-refractivity contribution < 1.29 is 0 Å². The van der Waals surface area contributed by atoms with E-state index in [0.717, 1.165) is 18.9 Å². The van der Waals surface area contributed by atoms with Crippen LogP contribution in [0, 0.1) is 0 Å². The van der Waals surface area contributed by atoms with Gasteiger partial charge < -0.3 is 5.32 Å². The molecule has 3 heteroatoms. The molecule has 0 spiro atoms. The summed E-state index contributed by atoms with van der Waals surface area (Å²) < 4.78 is 1.23. The van der Waals surface area contributed by atoms with Crippen LogP contribution in [0.3, 0.4) is 0 Å². The smallest absolute Gasteiger partial charge is 0.0701 e. The minimum absolute atomic E-state index is 0.716. The lowest BCUT2D eigenvalue weighted by Crippen LogP contribution is -2.40. The first kappa shape index (κ1) is 13.3. The third kappa shape index (κ3) is 3.47. The van der Waals surface area contributed by atoms with E-state index >= 15 is 0 Å². The zero-order valence-corrected chi connectivity index (χ0v) is 13.2. The number of halogens is 1. The summed E-state index contributed by atoms with van der Waals surface area (Å²) in [7, 11) is 0. The van der Waals surface area contributed by atoms with Crippen LogP contribution in [0.4, 0.5) is 0 Å². The monoisotopic (exact) mass is 335 g/mol. The summed E-state index contributed by atoms with van der Waals surface area (Å²) >= 11 is 5.35. The summed E-state index contributed by atoms with van der Waals surface area (Å²) in [5.41, 5.74) is 1.50. The van der Waals surface area contributed by atoms with Crippen LogP contribution in [-0.4, -0.2) is 12.6 Å². The van der Waals surface area contributed by atoms with Crippen LogP contribution in [0.15, 0.2) is 46.3 Å². The Morgan fingerprint density at radius 3 is 2.58 bits per heavy atom. The molecule has 1 nitrogen and oxygen atoms in total. The lowest BCUT2D eigenvalue weighted by molar-refractivity contribution is 0.293. The molecule has 3 rings (SSSR count). The fourth-order valence-electron chi connectivity index (χ4n) is 2.67. The molecule has 1 aliphatic rings. The zero-order chi connectivity index (χ0) is 13.1. The van der Waals surface area contributed by atoms with Crippen LogP contribution in [0.5, 0.6) is 0 Å². The van der Waals surface area contributed by atoms with E-state index < -0.39 is 0 Å². The summed E-state index contributed by atoms with van der Waals surface area (Å²) in [6.07, 6.45) is 3.72. The third-order valence-electron chi connectivity index (χ3n) is 3.84. The molecule has 0 unspecified atom stereocenters. The van der Waals surface area contributed by atoms with E-state index in [2.05, 4.69) is 63.7 Å². The molecule has 0 amide bonds. The van der Waals surface area contributed by atoms with Gasteiger partial charge in [0.2, 0.25) is 0 Å². The minimum Gasteiger partial charge on any atom is -0.314 e. The van der Waals surface area contributed by atoms with Gasteiger partial charge in [-0.25, -0.2) is 0 Å². The Balaban J connectivity index is 1.38. The molecular weight excluding hydrogens is 318 g/mol. The number of nitrogens with one attached hydrogen (secondary N) is 1. The van der Waals surface area contributed by atoms with Crippen molar-refractivity contribution in [3.05, 3.63) is 56.7 Å². The van der Waals surface area contributed by atoms with Gasteiger partial charge in [0.1, 0.15) is 0 Å². The highest BCUT2D eigenvalue weighted by Crippen LogP contribution is 2.36. The maximum absolute atomic E-state index is 3.67. The Hall–Kier alpha value is -0.640. The van der Waals surface area contributed by atoms with Gasteiger partial charge in [-0.2, -0.15) is 0 Å². The number of benzene rings is 1. The summed E-state index contributed by atoms with van der Waals surface area (Å²) in [4.78, 5) is 1.46. The van der Waals surface area contributed by atoms with Gasteiger partial charge in [0.15, 0.2) is 0 Å². The quantitative estimate of drug-likeness (QED) is 0.842. The van der Waals surface area contributed by atoms with Crippen molar-refractivity contribution in [1.29, 1.82) is 0 Å². The SMILES string of the molecule is Brc1ccc(CCNC2CC(c3ccccc3)C2)s1. The van der Waals surface area contributed by atoms with Gasteiger partial charge in [-0.15, -0.1) is 11.3 Å². The second-order valence-electron chi connectivity index (χ2n) is 5.19. The van der Waals surface area contributed by atoms with E-state index in [0.29, 0.717) is 6.04 Å². The van der Waals surface area contributed by atoms with Crippen molar-refractivity contribution in [1.82, 2.24) is 5.32 Å². The zero-order valence-electron chi connectivity index (χ0n) is 10.8. The molecular formula is C16H18BrNS. The summed E-state index contributed by atoms with van der Waals surface area (Å²) in [6, 6.07) is 16.0. The first-order valence-corrected chi connectivity index (χ1v) is 8.45. The maximum Gasteiger partial charge on any atom is 0.0701 e. The third-order valence-corrected chi connectivity index (χ3v) is 5.53. The molecule has 0 saturated heterocycles. The maximum atomic E-state index is 3.67. The van der Waals surface area contributed by atoms with E-state index in [1.54, 1.807) is 0 Å². The topological polar surface area (TPSA) is 12.0 Å². The lowest BCUT2D eigenvalue weighted by Gasteiger charge is -2.36. The number of rotatable bonds is 5. The van der Waals surface area contributed by atoms with E-state index in [1.807, 2.05) is 11.3 Å². The predicted molar refractivity (Wildman–Crippen MR) is 85.9 cm³/mol. The molecule has 0 aliphatic heterocycles. The molecule has 1 saturated carbocycles. The number of thiophene rings is 1. The Bertz CT molecular complexity index is 517. The Kier molecular flexibility index (Phi) is 4.36. The van der Waals surface area contributed by atoms with Gasteiger partial charge in [0.25, 0.3) is 0 Å². The summed E-state index contributed by atoms with van der Waals surface area (Å²) in [5.74, 6) is 0.773. The highest BCUT2D eigenvalue weighted by Gasteiger charge is 2.29. The molecule has 0 bridgehead atoms. The molecule has 100 valence electrons. The molecule has 1 fully saturated rings. The van der Waals surface area contributed by atoms with Gasteiger partial charge in [0, 0.05) is 17.5 Å². The van der Waals surface area contributed by atoms with Crippen molar-refractivity contribution in [2.24, 2.45) is 0 Å². The minimum atomic E-state index is 0.716. The summed E-state index contributed by atoms with van der Waals surface area (Å²) in [6.45, 7) is 1.10. The number of hydrogen-bond acceptors (Lipinski definition) is 2. The Labute approximate surface area is 127 Å². The van der Waals surface area contributed by atoms with Crippen molar-refractivity contribution in [2.45, 2.75) is 31.2 Å². The first-order chi connectivity index (χ1) is 9.31. The highest BCUT2D eigenvalue weighted by molar-refractivity contribution is 9.11. The van der Waals surface area contributed by atoms with Crippen LogP contribution >= 0.6 is 27.3 Å². The van der Waals surface area contributed by atoms with Crippen molar-refractivity contribution in [3.8, 4) is 0 Å². The van der Waals surface area contributed by atoms with Gasteiger partial charge in [-0.1, -0.05) is 30.3 Å². The van der Waals surface area contributed by atoms with Gasteiger partial charge in [-0.3, -0.25) is 0 Å². The molecule has 1 heterocycles. The second-order valence-corrected chi connectivity index (χ2v) is 7.73. The highest BCUT2D eigenvalue weighted by atomic mass is 79.9. The molecule has 0 radical (unpaired) electrons. The molecule has 19 heavy (non-hydrogen) atoms.